The van der Waals surface area contributed by atoms with E-state index in [9.17, 15) is 14.7 Å². The second-order valence-electron chi connectivity index (χ2n) is 6.96. The maximum atomic E-state index is 12.5. The fourth-order valence-electron chi connectivity index (χ4n) is 3.28. The van der Waals surface area contributed by atoms with Crippen LogP contribution in [0.5, 0.6) is 5.75 Å². The monoisotopic (exact) mass is 348 g/mol. The van der Waals surface area contributed by atoms with E-state index in [0.717, 1.165) is 6.42 Å². The zero-order valence-corrected chi connectivity index (χ0v) is 14.6. The first-order valence-corrected chi connectivity index (χ1v) is 8.43. The summed E-state index contributed by atoms with van der Waals surface area (Å²) < 4.78 is 11.6. The average Bonchev–Trinajstić information content (AvgIpc) is 2.57. The highest BCUT2D eigenvalue weighted by Gasteiger charge is 2.49. The molecule has 2 fully saturated rings. The number of amides is 2. The molecule has 1 N–H and O–H groups in total. The van der Waals surface area contributed by atoms with Gasteiger partial charge in [-0.1, -0.05) is 6.07 Å². The molecule has 7 heteroatoms. The fraction of sp³-hybridized carbons (Fsp3) is 0.556. The molecule has 0 radical (unpaired) electrons. The van der Waals surface area contributed by atoms with Crippen LogP contribution in [0.4, 0.5) is 0 Å². The van der Waals surface area contributed by atoms with Crippen LogP contribution in [0.3, 0.4) is 0 Å². The molecule has 2 heterocycles. The number of rotatable bonds is 4. The Morgan fingerprint density at radius 3 is 2.84 bits per heavy atom. The van der Waals surface area contributed by atoms with Crippen molar-refractivity contribution < 1.29 is 24.2 Å². The van der Waals surface area contributed by atoms with Crippen LogP contribution in [0, 0.1) is 0 Å². The van der Waals surface area contributed by atoms with E-state index in [0.29, 0.717) is 31.7 Å². The number of phenolic OH excluding ortho intramolecular Hbond substituents is 1. The second-order valence-corrected chi connectivity index (χ2v) is 6.96. The van der Waals surface area contributed by atoms with E-state index in [2.05, 4.69) is 0 Å². The molecule has 7 nitrogen and oxygen atoms in total. The molecule has 2 aliphatic rings. The number of ether oxygens (including phenoxy) is 2. The number of carbonyl (C=O) groups excluding carboxylic acids is 2. The van der Waals surface area contributed by atoms with Gasteiger partial charge in [0, 0.05) is 32.7 Å². The van der Waals surface area contributed by atoms with E-state index in [1.165, 1.54) is 17.0 Å². The van der Waals surface area contributed by atoms with Gasteiger partial charge in [0.25, 0.3) is 5.91 Å². The second kappa shape index (κ2) is 7.01. The van der Waals surface area contributed by atoms with Crippen molar-refractivity contribution in [2.24, 2.45) is 0 Å². The van der Waals surface area contributed by atoms with Crippen LogP contribution in [0.1, 0.15) is 23.2 Å². The molecule has 0 aromatic heterocycles. The third kappa shape index (κ3) is 3.93. The third-order valence-electron chi connectivity index (χ3n) is 4.73. The van der Waals surface area contributed by atoms with Gasteiger partial charge in [-0.3, -0.25) is 9.59 Å². The zero-order valence-electron chi connectivity index (χ0n) is 14.6. The van der Waals surface area contributed by atoms with E-state index >= 15 is 0 Å². The van der Waals surface area contributed by atoms with E-state index < -0.39 is 0 Å². The number of nitrogens with zero attached hydrogens (tertiary/aromatic N) is 2. The molecule has 0 aliphatic carbocycles. The van der Waals surface area contributed by atoms with Crippen LogP contribution in [-0.4, -0.2) is 78.8 Å². The van der Waals surface area contributed by atoms with Gasteiger partial charge >= 0.3 is 0 Å². The third-order valence-corrected chi connectivity index (χ3v) is 4.73. The molecule has 3 rings (SSSR count). The molecule has 0 unspecified atom stereocenters. The van der Waals surface area contributed by atoms with Crippen LogP contribution >= 0.6 is 0 Å². The van der Waals surface area contributed by atoms with Crippen molar-refractivity contribution in [1.29, 1.82) is 0 Å². The summed E-state index contributed by atoms with van der Waals surface area (Å²) in [5.41, 5.74) is 0.0892. The first-order chi connectivity index (χ1) is 11.9. The highest BCUT2D eigenvalue weighted by Crippen LogP contribution is 2.36. The summed E-state index contributed by atoms with van der Waals surface area (Å²) in [7, 11) is 3.40. The van der Waals surface area contributed by atoms with Crippen molar-refractivity contribution in [3.63, 3.8) is 0 Å². The molecule has 1 atom stereocenters. The van der Waals surface area contributed by atoms with E-state index in [4.69, 9.17) is 9.47 Å². The lowest BCUT2D eigenvalue weighted by Gasteiger charge is -2.53. The predicted molar refractivity (Wildman–Crippen MR) is 90.4 cm³/mol. The van der Waals surface area contributed by atoms with Crippen molar-refractivity contribution in [3.05, 3.63) is 29.8 Å². The minimum atomic E-state index is -0.378. The SMILES string of the molecule is CN(C)C(=O)CO[C@H]1CCOC2(C1)CN(C(=O)c1cccc(O)c1)C2. The summed E-state index contributed by atoms with van der Waals surface area (Å²) in [4.78, 5) is 27.3. The molecule has 1 spiro atoms. The normalized spacial score (nSPS) is 21.7. The van der Waals surface area contributed by atoms with Gasteiger partial charge < -0.3 is 24.4 Å². The Bertz CT molecular complexity index is 655. The number of likely N-dealkylation sites (N-methyl/N-ethyl adjacent to an activating group) is 1. The lowest BCUT2D eigenvalue weighted by atomic mass is 9.84. The van der Waals surface area contributed by atoms with Crippen LogP contribution in [0.25, 0.3) is 0 Å². The van der Waals surface area contributed by atoms with Crippen LogP contribution in [-0.2, 0) is 14.3 Å². The van der Waals surface area contributed by atoms with Crippen LogP contribution in [0.15, 0.2) is 24.3 Å². The van der Waals surface area contributed by atoms with E-state index in [-0.39, 0.29) is 35.9 Å². The summed E-state index contributed by atoms with van der Waals surface area (Å²) in [6.07, 6.45) is 1.40. The summed E-state index contributed by atoms with van der Waals surface area (Å²) in [5.74, 6) is -0.0974. The summed E-state index contributed by atoms with van der Waals surface area (Å²) >= 11 is 0. The summed E-state index contributed by atoms with van der Waals surface area (Å²) in [6, 6.07) is 6.35. The number of carbonyl (C=O) groups is 2. The molecule has 1 aromatic carbocycles. The highest BCUT2D eigenvalue weighted by atomic mass is 16.5. The van der Waals surface area contributed by atoms with Gasteiger partial charge in [0.1, 0.15) is 18.0 Å². The molecule has 2 aliphatic heterocycles. The Labute approximate surface area is 147 Å². The van der Waals surface area contributed by atoms with Gasteiger partial charge in [-0.15, -0.1) is 0 Å². The van der Waals surface area contributed by atoms with Crippen molar-refractivity contribution in [3.8, 4) is 5.75 Å². The lowest BCUT2D eigenvalue weighted by Crippen LogP contribution is -2.67. The molecule has 2 saturated heterocycles. The Balaban J connectivity index is 1.53. The Morgan fingerprint density at radius 2 is 2.16 bits per heavy atom. The minimum Gasteiger partial charge on any atom is -0.508 e. The van der Waals surface area contributed by atoms with Crippen molar-refractivity contribution in [1.82, 2.24) is 9.80 Å². The van der Waals surface area contributed by atoms with Crippen molar-refractivity contribution in [2.45, 2.75) is 24.5 Å². The maximum Gasteiger partial charge on any atom is 0.254 e. The molecule has 0 saturated carbocycles. The summed E-state index contributed by atoms with van der Waals surface area (Å²) in [6.45, 7) is 1.64. The van der Waals surface area contributed by atoms with Gasteiger partial charge in [-0.25, -0.2) is 0 Å². The first-order valence-electron chi connectivity index (χ1n) is 8.43. The quantitative estimate of drug-likeness (QED) is 0.873. The molecule has 0 bridgehead atoms. The average molecular weight is 348 g/mol. The van der Waals surface area contributed by atoms with Crippen molar-refractivity contribution >= 4 is 11.8 Å². The van der Waals surface area contributed by atoms with Gasteiger partial charge in [-0.2, -0.15) is 0 Å². The largest absolute Gasteiger partial charge is 0.508 e. The lowest BCUT2D eigenvalue weighted by molar-refractivity contribution is -0.188. The Kier molecular flexibility index (Phi) is 4.96. The minimum absolute atomic E-state index is 0.0318. The Hall–Kier alpha value is -2.12. The fourth-order valence-corrected chi connectivity index (χ4v) is 3.28. The van der Waals surface area contributed by atoms with E-state index in [1.807, 2.05) is 0 Å². The summed E-state index contributed by atoms with van der Waals surface area (Å²) in [5, 5.41) is 9.51. The van der Waals surface area contributed by atoms with Gasteiger partial charge in [0.15, 0.2) is 0 Å². The first kappa shape index (κ1) is 17.7. The molecular weight excluding hydrogens is 324 g/mol. The molecular formula is C18H24N2O5. The number of hydrogen-bond acceptors (Lipinski definition) is 5. The number of benzene rings is 1. The van der Waals surface area contributed by atoms with Gasteiger partial charge in [-0.05, 0) is 24.6 Å². The number of likely N-dealkylation sites (tertiary alicyclic amines) is 1. The Morgan fingerprint density at radius 1 is 1.40 bits per heavy atom. The highest BCUT2D eigenvalue weighted by molar-refractivity contribution is 5.95. The topological polar surface area (TPSA) is 79.3 Å². The number of aromatic hydroxyl groups is 1. The van der Waals surface area contributed by atoms with Gasteiger partial charge in [0.2, 0.25) is 5.91 Å². The van der Waals surface area contributed by atoms with E-state index in [1.54, 1.807) is 31.1 Å². The van der Waals surface area contributed by atoms with Gasteiger partial charge in [0.05, 0.1) is 19.2 Å². The predicted octanol–water partition coefficient (Wildman–Crippen LogP) is 0.871. The molecule has 1 aromatic rings. The smallest absolute Gasteiger partial charge is 0.254 e. The molecule has 25 heavy (non-hydrogen) atoms. The van der Waals surface area contributed by atoms with Crippen LogP contribution < -0.4 is 0 Å². The number of hydrogen-bond donors (Lipinski definition) is 1. The zero-order chi connectivity index (χ0) is 18.0. The molecule has 136 valence electrons. The van der Waals surface area contributed by atoms with Crippen LogP contribution in [0.2, 0.25) is 0 Å². The number of phenols is 1. The molecule has 2 amide bonds. The van der Waals surface area contributed by atoms with Crippen molar-refractivity contribution in [2.75, 3.05) is 40.4 Å². The maximum absolute atomic E-state index is 12.5. The standard InChI is InChI=1S/C18H24N2O5/c1-19(2)16(22)10-24-15-6-7-25-18(9-15)11-20(12-18)17(23)13-4-3-5-14(21)8-13/h3-5,8,15,21H,6-7,9-12H2,1-2H3/t15-/m0/s1.